The summed E-state index contributed by atoms with van der Waals surface area (Å²) in [5, 5.41) is 12.4. The summed E-state index contributed by atoms with van der Waals surface area (Å²) in [6.45, 7) is 5.46. The fourth-order valence-electron chi connectivity index (χ4n) is 2.88. The zero-order valence-corrected chi connectivity index (χ0v) is 16.1. The molecule has 0 aliphatic carbocycles. The van der Waals surface area contributed by atoms with Crippen LogP contribution in [-0.2, 0) is 14.8 Å². The number of hydrogen-bond acceptors (Lipinski definition) is 6. The molecule has 140 valence electrons. The largest absolute Gasteiger partial charge is 0.477 e. The highest BCUT2D eigenvalue weighted by atomic mass is 32.2. The number of carbonyl (C=O) groups excluding carboxylic acids is 1. The van der Waals surface area contributed by atoms with E-state index in [2.05, 4.69) is 10.3 Å². The van der Waals surface area contributed by atoms with E-state index in [1.54, 1.807) is 20.8 Å². The van der Waals surface area contributed by atoms with Crippen LogP contribution < -0.4 is 5.32 Å². The molecule has 2 unspecified atom stereocenters. The van der Waals surface area contributed by atoms with Crippen molar-refractivity contribution in [3.63, 3.8) is 0 Å². The third-order valence-corrected chi connectivity index (χ3v) is 7.47. The summed E-state index contributed by atoms with van der Waals surface area (Å²) < 4.78 is 25.9. The number of aryl methyl sites for hydroxylation is 1. The summed E-state index contributed by atoms with van der Waals surface area (Å²) in [6, 6.07) is -1.19. The normalized spacial score (nSPS) is 19.7. The van der Waals surface area contributed by atoms with Gasteiger partial charge in [-0.25, -0.2) is 18.2 Å². The Kier molecular flexibility index (Phi) is 6.17. The van der Waals surface area contributed by atoms with Gasteiger partial charge in [-0.2, -0.15) is 4.31 Å². The zero-order chi connectivity index (χ0) is 18.8. The van der Waals surface area contributed by atoms with E-state index in [1.165, 1.54) is 4.31 Å². The Labute approximate surface area is 151 Å². The predicted octanol–water partition coefficient (Wildman–Crippen LogP) is 1.53. The Morgan fingerprint density at radius 3 is 2.72 bits per heavy atom. The maximum Gasteiger partial charge on any atom is 0.347 e. The van der Waals surface area contributed by atoms with Gasteiger partial charge in [-0.1, -0.05) is 6.92 Å². The first kappa shape index (κ1) is 19.8. The van der Waals surface area contributed by atoms with Crippen LogP contribution in [0.2, 0.25) is 0 Å². The van der Waals surface area contributed by atoms with Gasteiger partial charge in [-0.15, -0.1) is 11.3 Å². The monoisotopic (exact) mass is 389 g/mol. The topological polar surface area (TPSA) is 117 Å². The van der Waals surface area contributed by atoms with Crippen molar-refractivity contribution >= 4 is 33.2 Å². The smallest absolute Gasteiger partial charge is 0.347 e. The second-order valence-electron chi connectivity index (χ2n) is 6.09. The van der Waals surface area contributed by atoms with Gasteiger partial charge in [0, 0.05) is 6.54 Å². The number of carbonyl (C=O) groups is 2. The summed E-state index contributed by atoms with van der Waals surface area (Å²) in [7, 11) is -3.44. The van der Waals surface area contributed by atoms with E-state index in [0.717, 1.165) is 11.3 Å². The van der Waals surface area contributed by atoms with E-state index in [1.807, 2.05) is 0 Å². The maximum atomic E-state index is 12.6. The van der Waals surface area contributed by atoms with Crippen molar-refractivity contribution in [2.75, 3.05) is 12.3 Å². The first-order chi connectivity index (χ1) is 11.7. The molecular weight excluding hydrogens is 366 g/mol. The first-order valence-corrected chi connectivity index (χ1v) is 10.6. The van der Waals surface area contributed by atoms with Crippen LogP contribution in [0.25, 0.3) is 0 Å². The molecule has 1 aliphatic rings. The molecule has 0 aromatic carbocycles. The third kappa shape index (κ3) is 4.36. The Morgan fingerprint density at radius 2 is 2.16 bits per heavy atom. The maximum absolute atomic E-state index is 12.6. The Morgan fingerprint density at radius 1 is 1.48 bits per heavy atom. The Balaban J connectivity index is 2.10. The molecular formula is C15H23N3O5S2. The third-order valence-electron chi connectivity index (χ3n) is 4.06. The Bertz CT molecular complexity index is 759. The fourth-order valence-corrected chi connectivity index (χ4v) is 5.54. The molecule has 10 heteroatoms. The number of aromatic nitrogens is 1. The molecule has 1 aromatic rings. The van der Waals surface area contributed by atoms with Gasteiger partial charge in [0.2, 0.25) is 15.9 Å². The molecule has 8 nitrogen and oxygen atoms in total. The van der Waals surface area contributed by atoms with Crippen molar-refractivity contribution in [3.8, 4) is 0 Å². The van der Waals surface area contributed by atoms with Crippen molar-refractivity contribution < 1.29 is 23.1 Å². The van der Waals surface area contributed by atoms with Gasteiger partial charge in [0.15, 0.2) is 0 Å². The SMILES string of the molecule is CCCS(=O)(=O)N1CCCC1C(=O)NC(C)c1nc(C)c(C(=O)O)s1. The summed E-state index contributed by atoms with van der Waals surface area (Å²) in [5.74, 6) is -1.39. The lowest BCUT2D eigenvalue weighted by molar-refractivity contribution is -0.124. The number of rotatable bonds is 7. The van der Waals surface area contributed by atoms with Crippen LogP contribution >= 0.6 is 11.3 Å². The molecule has 1 fully saturated rings. The van der Waals surface area contributed by atoms with E-state index in [0.29, 0.717) is 36.5 Å². The van der Waals surface area contributed by atoms with E-state index < -0.39 is 28.1 Å². The second kappa shape index (κ2) is 7.79. The van der Waals surface area contributed by atoms with Gasteiger partial charge in [0.05, 0.1) is 17.5 Å². The minimum Gasteiger partial charge on any atom is -0.477 e. The molecule has 1 aliphatic heterocycles. The summed E-state index contributed by atoms with van der Waals surface area (Å²) in [4.78, 5) is 28.0. The lowest BCUT2D eigenvalue weighted by Gasteiger charge is -2.24. The number of thiazole rings is 1. The van der Waals surface area contributed by atoms with E-state index in [4.69, 9.17) is 5.11 Å². The molecule has 2 heterocycles. The lowest BCUT2D eigenvalue weighted by Crippen LogP contribution is -2.47. The standard InChI is InChI=1S/C15H23N3O5S2/c1-4-8-25(22,23)18-7-5-6-11(18)13(19)16-10(3)14-17-9(2)12(24-14)15(20)21/h10-11H,4-8H2,1-3H3,(H,16,19)(H,20,21). The highest BCUT2D eigenvalue weighted by molar-refractivity contribution is 7.89. The van der Waals surface area contributed by atoms with Crippen LogP contribution in [0.1, 0.15) is 59.5 Å². The van der Waals surface area contributed by atoms with Crippen LogP contribution in [0.5, 0.6) is 0 Å². The summed E-state index contributed by atoms with van der Waals surface area (Å²) in [5.41, 5.74) is 0.404. The van der Waals surface area contributed by atoms with Crippen molar-refractivity contribution in [1.29, 1.82) is 0 Å². The van der Waals surface area contributed by atoms with Gasteiger partial charge < -0.3 is 10.4 Å². The van der Waals surface area contributed by atoms with E-state index >= 15 is 0 Å². The fraction of sp³-hybridized carbons (Fsp3) is 0.667. The van der Waals surface area contributed by atoms with Gasteiger partial charge in [0.25, 0.3) is 0 Å². The van der Waals surface area contributed by atoms with E-state index in [-0.39, 0.29) is 16.5 Å². The number of carboxylic acid groups (broad SMARTS) is 1. The predicted molar refractivity (Wildman–Crippen MR) is 94.2 cm³/mol. The number of aromatic carboxylic acids is 1. The van der Waals surface area contributed by atoms with Crippen LogP contribution in [0, 0.1) is 6.92 Å². The average Bonchev–Trinajstić information content (AvgIpc) is 3.13. The molecule has 2 atom stereocenters. The van der Waals surface area contributed by atoms with Gasteiger partial charge in [-0.3, -0.25) is 4.79 Å². The molecule has 0 spiro atoms. The second-order valence-corrected chi connectivity index (χ2v) is 9.16. The Hall–Kier alpha value is -1.52. The van der Waals surface area contributed by atoms with Crippen molar-refractivity contribution in [2.45, 2.75) is 52.1 Å². The molecule has 1 aromatic heterocycles. The van der Waals surface area contributed by atoms with E-state index in [9.17, 15) is 18.0 Å². The quantitative estimate of drug-likeness (QED) is 0.730. The minimum atomic E-state index is -3.44. The minimum absolute atomic E-state index is 0.0278. The molecule has 25 heavy (non-hydrogen) atoms. The molecule has 0 bridgehead atoms. The number of carboxylic acids is 1. The lowest BCUT2D eigenvalue weighted by atomic mass is 10.2. The number of nitrogens with zero attached hydrogens (tertiary/aromatic N) is 2. The van der Waals surface area contributed by atoms with Crippen molar-refractivity contribution in [3.05, 3.63) is 15.6 Å². The van der Waals surface area contributed by atoms with Crippen LogP contribution in [0.3, 0.4) is 0 Å². The van der Waals surface area contributed by atoms with Crippen LogP contribution in [0.15, 0.2) is 0 Å². The van der Waals surface area contributed by atoms with Crippen molar-refractivity contribution in [2.24, 2.45) is 0 Å². The number of hydrogen-bond donors (Lipinski definition) is 2. The zero-order valence-electron chi connectivity index (χ0n) is 14.5. The van der Waals surface area contributed by atoms with Crippen LogP contribution in [-0.4, -0.2) is 53.0 Å². The number of nitrogens with one attached hydrogen (secondary N) is 1. The molecule has 0 radical (unpaired) electrons. The number of amides is 1. The van der Waals surface area contributed by atoms with Crippen molar-refractivity contribution in [1.82, 2.24) is 14.6 Å². The highest BCUT2D eigenvalue weighted by Crippen LogP contribution is 2.26. The van der Waals surface area contributed by atoms with Gasteiger partial charge in [-0.05, 0) is 33.1 Å². The molecule has 0 saturated carbocycles. The molecule has 1 amide bonds. The van der Waals surface area contributed by atoms with Crippen LogP contribution in [0.4, 0.5) is 0 Å². The summed E-state index contributed by atoms with van der Waals surface area (Å²) >= 11 is 1.02. The van der Waals surface area contributed by atoms with Gasteiger partial charge >= 0.3 is 5.97 Å². The van der Waals surface area contributed by atoms with Gasteiger partial charge in [0.1, 0.15) is 15.9 Å². The number of sulfonamides is 1. The average molecular weight is 389 g/mol. The molecule has 1 saturated heterocycles. The summed E-state index contributed by atoms with van der Waals surface area (Å²) in [6.07, 6.45) is 1.63. The molecule has 2 rings (SSSR count). The molecule has 2 N–H and O–H groups in total. The highest BCUT2D eigenvalue weighted by Gasteiger charge is 2.38. The first-order valence-electron chi connectivity index (χ1n) is 8.18.